The molecule has 0 radical (unpaired) electrons. The number of benzene rings is 2. The number of aryl methyl sites for hydroxylation is 2. The fourth-order valence-corrected chi connectivity index (χ4v) is 2.70. The van der Waals surface area contributed by atoms with Crippen molar-refractivity contribution in [2.45, 2.75) is 13.8 Å². The standard InChI is InChI=1S/C21H21N3O2/c1-14-6-4-7-15(2)20(14)24-21(25)16-10-18(13-22-12-16)23-17-8-5-9-19(11-17)26-3/h4-13,23H,1-3H3,(H,24,25). The molecule has 0 fully saturated rings. The zero-order chi connectivity index (χ0) is 18.5. The first-order chi connectivity index (χ1) is 12.6. The third-order valence-electron chi connectivity index (χ3n) is 4.08. The van der Waals surface area contributed by atoms with Gasteiger partial charge >= 0.3 is 0 Å². The normalized spacial score (nSPS) is 10.3. The first-order valence-electron chi connectivity index (χ1n) is 8.30. The van der Waals surface area contributed by atoms with Crippen molar-refractivity contribution in [3.63, 3.8) is 0 Å². The molecule has 0 saturated heterocycles. The van der Waals surface area contributed by atoms with Gasteiger partial charge < -0.3 is 15.4 Å². The quantitative estimate of drug-likeness (QED) is 0.702. The summed E-state index contributed by atoms with van der Waals surface area (Å²) >= 11 is 0. The molecule has 2 aromatic carbocycles. The molecule has 1 heterocycles. The van der Waals surface area contributed by atoms with Crippen LogP contribution in [0.15, 0.2) is 60.9 Å². The van der Waals surface area contributed by atoms with Gasteiger partial charge in [-0.3, -0.25) is 9.78 Å². The molecule has 26 heavy (non-hydrogen) atoms. The van der Waals surface area contributed by atoms with Crippen molar-refractivity contribution in [3.8, 4) is 5.75 Å². The van der Waals surface area contributed by atoms with Gasteiger partial charge in [0.2, 0.25) is 0 Å². The summed E-state index contributed by atoms with van der Waals surface area (Å²) in [6, 6.07) is 15.3. The number of hydrogen-bond acceptors (Lipinski definition) is 4. The van der Waals surface area contributed by atoms with Crippen LogP contribution in [0.1, 0.15) is 21.5 Å². The zero-order valence-corrected chi connectivity index (χ0v) is 15.0. The first-order valence-corrected chi connectivity index (χ1v) is 8.30. The van der Waals surface area contributed by atoms with E-state index in [1.165, 1.54) is 0 Å². The largest absolute Gasteiger partial charge is 0.497 e. The molecular formula is C21H21N3O2. The topological polar surface area (TPSA) is 63.2 Å². The van der Waals surface area contributed by atoms with Crippen LogP contribution in [0.3, 0.4) is 0 Å². The van der Waals surface area contributed by atoms with E-state index in [2.05, 4.69) is 15.6 Å². The highest BCUT2D eigenvalue weighted by Gasteiger charge is 2.11. The highest BCUT2D eigenvalue weighted by atomic mass is 16.5. The minimum Gasteiger partial charge on any atom is -0.497 e. The fraction of sp³-hybridized carbons (Fsp3) is 0.143. The van der Waals surface area contributed by atoms with Crippen molar-refractivity contribution < 1.29 is 9.53 Å². The molecule has 0 aliphatic rings. The molecule has 1 amide bonds. The van der Waals surface area contributed by atoms with Gasteiger partial charge in [0.05, 0.1) is 24.6 Å². The lowest BCUT2D eigenvalue weighted by atomic mass is 10.1. The summed E-state index contributed by atoms with van der Waals surface area (Å²) in [6.45, 7) is 3.95. The van der Waals surface area contributed by atoms with Gasteiger partial charge in [-0.15, -0.1) is 0 Å². The number of aromatic nitrogens is 1. The number of amides is 1. The molecule has 0 bridgehead atoms. The van der Waals surface area contributed by atoms with E-state index in [1.807, 2.05) is 56.3 Å². The number of anilines is 3. The van der Waals surface area contributed by atoms with E-state index in [1.54, 1.807) is 25.6 Å². The first kappa shape index (κ1) is 17.5. The summed E-state index contributed by atoms with van der Waals surface area (Å²) in [5.74, 6) is 0.566. The Morgan fingerprint density at radius 1 is 0.962 bits per heavy atom. The number of pyridine rings is 1. The monoisotopic (exact) mass is 347 g/mol. The van der Waals surface area contributed by atoms with Crippen LogP contribution >= 0.6 is 0 Å². The Morgan fingerprint density at radius 3 is 2.42 bits per heavy atom. The van der Waals surface area contributed by atoms with Gasteiger partial charge in [-0.05, 0) is 43.2 Å². The van der Waals surface area contributed by atoms with Gasteiger partial charge in [-0.25, -0.2) is 0 Å². The third-order valence-corrected chi connectivity index (χ3v) is 4.08. The SMILES string of the molecule is COc1cccc(Nc2cncc(C(=O)Nc3c(C)cccc3C)c2)c1. The number of ether oxygens (including phenoxy) is 1. The molecule has 0 saturated carbocycles. The van der Waals surface area contributed by atoms with Crippen LogP contribution in [-0.2, 0) is 0 Å². The smallest absolute Gasteiger partial charge is 0.257 e. The zero-order valence-electron chi connectivity index (χ0n) is 15.0. The number of nitrogens with zero attached hydrogens (tertiary/aromatic N) is 1. The number of hydrogen-bond donors (Lipinski definition) is 2. The minimum absolute atomic E-state index is 0.191. The van der Waals surface area contributed by atoms with Crippen molar-refractivity contribution in [2.75, 3.05) is 17.7 Å². The fourth-order valence-electron chi connectivity index (χ4n) is 2.70. The van der Waals surface area contributed by atoms with Crippen LogP contribution in [0.25, 0.3) is 0 Å². The molecule has 5 nitrogen and oxygen atoms in total. The average molecular weight is 347 g/mol. The second-order valence-corrected chi connectivity index (χ2v) is 6.04. The van der Waals surface area contributed by atoms with E-state index >= 15 is 0 Å². The Hall–Kier alpha value is -3.34. The molecule has 5 heteroatoms. The third kappa shape index (κ3) is 4.00. The lowest BCUT2D eigenvalue weighted by Gasteiger charge is -2.12. The summed E-state index contributed by atoms with van der Waals surface area (Å²) in [7, 11) is 1.62. The number of rotatable bonds is 5. The van der Waals surface area contributed by atoms with E-state index in [-0.39, 0.29) is 5.91 Å². The van der Waals surface area contributed by atoms with Gasteiger partial charge in [0.25, 0.3) is 5.91 Å². The van der Waals surface area contributed by atoms with Crippen LogP contribution in [0, 0.1) is 13.8 Å². The molecule has 0 atom stereocenters. The maximum absolute atomic E-state index is 12.6. The Balaban J connectivity index is 1.79. The summed E-state index contributed by atoms with van der Waals surface area (Å²) in [4.78, 5) is 16.8. The van der Waals surface area contributed by atoms with E-state index in [0.717, 1.165) is 33.9 Å². The van der Waals surface area contributed by atoms with Crippen LogP contribution in [-0.4, -0.2) is 18.0 Å². The van der Waals surface area contributed by atoms with Crippen LogP contribution in [0.5, 0.6) is 5.75 Å². The number of nitrogens with one attached hydrogen (secondary N) is 2. The molecule has 3 aromatic rings. The number of methoxy groups -OCH3 is 1. The summed E-state index contributed by atoms with van der Waals surface area (Å²) in [5, 5.41) is 6.22. The molecule has 0 aliphatic carbocycles. The number of carbonyl (C=O) groups excluding carboxylic acids is 1. The maximum atomic E-state index is 12.6. The molecule has 3 rings (SSSR count). The number of para-hydroxylation sites is 1. The predicted octanol–water partition coefficient (Wildman–Crippen LogP) is 4.70. The van der Waals surface area contributed by atoms with E-state index < -0.39 is 0 Å². The molecule has 0 aliphatic heterocycles. The molecule has 2 N–H and O–H groups in total. The second kappa shape index (κ2) is 7.70. The molecule has 1 aromatic heterocycles. The van der Waals surface area contributed by atoms with Crippen molar-refractivity contribution in [1.29, 1.82) is 0 Å². The van der Waals surface area contributed by atoms with Gasteiger partial charge in [-0.1, -0.05) is 24.3 Å². The van der Waals surface area contributed by atoms with Crippen LogP contribution in [0.4, 0.5) is 17.1 Å². The predicted molar refractivity (Wildman–Crippen MR) is 104 cm³/mol. The van der Waals surface area contributed by atoms with E-state index in [4.69, 9.17) is 4.74 Å². The van der Waals surface area contributed by atoms with Gasteiger partial charge in [-0.2, -0.15) is 0 Å². The summed E-state index contributed by atoms with van der Waals surface area (Å²) in [5.41, 5.74) is 4.96. The molecule has 132 valence electrons. The summed E-state index contributed by atoms with van der Waals surface area (Å²) in [6.07, 6.45) is 3.23. The highest BCUT2D eigenvalue weighted by molar-refractivity contribution is 6.05. The van der Waals surface area contributed by atoms with Gasteiger partial charge in [0, 0.05) is 23.6 Å². The lowest BCUT2D eigenvalue weighted by molar-refractivity contribution is 0.102. The Labute approximate surface area is 153 Å². The average Bonchev–Trinajstić information content (AvgIpc) is 2.65. The second-order valence-electron chi connectivity index (χ2n) is 6.04. The molecule has 0 unspecified atom stereocenters. The highest BCUT2D eigenvalue weighted by Crippen LogP contribution is 2.23. The molecule has 0 spiro atoms. The summed E-state index contributed by atoms with van der Waals surface area (Å²) < 4.78 is 5.22. The molecular weight excluding hydrogens is 326 g/mol. The Bertz CT molecular complexity index is 918. The van der Waals surface area contributed by atoms with Crippen molar-refractivity contribution in [3.05, 3.63) is 77.6 Å². The maximum Gasteiger partial charge on any atom is 0.257 e. The van der Waals surface area contributed by atoms with E-state index in [0.29, 0.717) is 5.56 Å². The Morgan fingerprint density at radius 2 is 1.69 bits per heavy atom. The van der Waals surface area contributed by atoms with Gasteiger partial charge in [0.15, 0.2) is 0 Å². The van der Waals surface area contributed by atoms with Gasteiger partial charge in [0.1, 0.15) is 5.75 Å². The lowest BCUT2D eigenvalue weighted by Crippen LogP contribution is -2.14. The van der Waals surface area contributed by atoms with Crippen molar-refractivity contribution >= 4 is 23.0 Å². The van der Waals surface area contributed by atoms with E-state index in [9.17, 15) is 4.79 Å². The van der Waals surface area contributed by atoms with Crippen LogP contribution < -0.4 is 15.4 Å². The number of carbonyl (C=O) groups is 1. The van der Waals surface area contributed by atoms with Crippen molar-refractivity contribution in [1.82, 2.24) is 4.98 Å². The van der Waals surface area contributed by atoms with Crippen molar-refractivity contribution in [2.24, 2.45) is 0 Å². The van der Waals surface area contributed by atoms with Crippen LogP contribution in [0.2, 0.25) is 0 Å². The Kier molecular flexibility index (Phi) is 5.17. The minimum atomic E-state index is -0.191.